The van der Waals surface area contributed by atoms with Crippen LogP contribution >= 0.6 is 0 Å². The summed E-state index contributed by atoms with van der Waals surface area (Å²) in [6, 6.07) is 12.5. The predicted molar refractivity (Wildman–Crippen MR) is 99.9 cm³/mol. The standard InChI is InChI=1S/C20H22N2O5/c1-25-16-7-4-15(5-8-16)22-20(24)18-10-13-3-6-17(9-14(13)11-21-18)27-12-19(23)26-2/h3-9,18,21H,10-12H2,1-2H3,(H,22,24)/t18-/m0/s1. The lowest BCUT2D eigenvalue weighted by atomic mass is 9.95. The van der Waals surface area contributed by atoms with E-state index in [4.69, 9.17) is 9.47 Å². The molecule has 1 aliphatic rings. The summed E-state index contributed by atoms with van der Waals surface area (Å²) in [5.74, 6) is 0.822. The molecule has 1 atom stereocenters. The summed E-state index contributed by atoms with van der Waals surface area (Å²) < 4.78 is 15.1. The normalized spacial score (nSPS) is 15.4. The number of benzene rings is 2. The maximum absolute atomic E-state index is 12.5. The highest BCUT2D eigenvalue weighted by Gasteiger charge is 2.24. The van der Waals surface area contributed by atoms with Gasteiger partial charge in [0.05, 0.1) is 20.3 Å². The number of anilines is 1. The second-order valence-electron chi connectivity index (χ2n) is 6.15. The fourth-order valence-electron chi connectivity index (χ4n) is 2.87. The predicted octanol–water partition coefficient (Wildman–Crippen LogP) is 1.90. The number of amides is 1. The molecule has 0 fully saturated rings. The van der Waals surface area contributed by atoms with E-state index in [0.29, 0.717) is 18.7 Å². The molecule has 0 aliphatic carbocycles. The largest absolute Gasteiger partial charge is 0.497 e. The van der Waals surface area contributed by atoms with Crippen molar-refractivity contribution in [2.75, 3.05) is 26.1 Å². The maximum atomic E-state index is 12.5. The molecule has 7 heteroatoms. The van der Waals surface area contributed by atoms with Crippen LogP contribution in [0.3, 0.4) is 0 Å². The molecule has 1 heterocycles. The summed E-state index contributed by atoms with van der Waals surface area (Å²) in [6.07, 6.45) is 0.578. The Balaban J connectivity index is 1.60. The molecule has 142 valence electrons. The number of esters is 1. The fraction of sp³-hybridized carbons (Fsp3) is 0.300. The van der Waals surface area contributed by atoms with Crippen molar-refractivity contribution < 1.29 is 23.8 Å². The van der Waals surface area contributed by atoms with E-state index in [-0.39, 0.29) is 18.6 Å². The number of ether oxygens (including phenoxy) is 3. The van der Waals surface area contributed by atoms with Gasteiger partial charge >= 0.3 is 5.97 Å². The first-order chi connectivity index (χ1) is 13.1. The van der Waals surface area contributed by atoms with Gasteiger partial charge < -0.3 is 24.8 Å². The monoisotopic (exact) mass is 370 g/mol. The Morgan fingerprint density at radius 1 is 1.07 bits per heavy atom. The summed E-state index contributed by atoms with van der Waals surface area (Å²) in [5, 5.41) is 6.15. The molecular weight excluding hydrogens is 348 g/mol. The third-order valence-corrected chi connectivity index (χ3v) is 4.40. The number of carbonyl (C=O) groups is 2. The Morgan fingerprint density at radius 3 is 2.52 bits per heavy atom. The minimum absolute atomic E-state index is 0.0863. The van der Waals surface area contributed by atoms with Gasteiger partial charge in [0.1, 0.15) is 11.5 Å². The lowest BCUT2D eigenvalue weighted by Crippen LogP contribution is -2.44. The van der Waals surface area contributed by atoms with Gasteiger partial charge in [0, 0.05) is 12.2 Å². The van der Waals surface area contributed by atoms with Crippen LogP contribution in [-0.2, 0) is 27.3 Å². The highest BCUT2D eigenvalue weighted by molar-refractivity contribution is 5.95. The van der Waals surface area contributed by atoms with E-state index in [9.17, 15) is 9.59 Å². The lowest BCUT2D eigenvalue weighted by molar-refractivity contribution is -0.142. The quantitative estimate of drug-likeness (QED) is 0.756. The average molecular weight is 370 g/mol. The van der Waals surface area contributed by atoms with Crippen molar-refractivity contribution in [1.82, 2.24) is 5.32 Å². The van der Waals surface area contributed by atoms with Gasteiger partial charge in [-0.25, -0.2) is 4.79 Å². The molecule has 0 saturated carbocycles. The topological polar surface area (TPSA) is 85.9 Å². The SMILES string of the molecule is COC(=O)COc1ccc2c(c1)CN[C@H](C(=O)Nc1ccc(OC)cc1)C2. The summed E-state index contributed by atoms with van der Waals surface area (Å²) >= 11 is 0. The van der Waals surface area contributed by atoms with Crippen molar-refractivity contribution >= 4 is 17.6 Å². The molecule has 27 heavy (non-hydrogen) atoms. The molecule has 0 bridgehead atoms. The van der Waals surface area contributed by atoms with Crippen LogP contribution in [0.15, 0.2) is 42.5 Å². The van der Waals surface area contributed by atoms with Crippen LogP contribution in [0.4, 0.5) is 5.69 Å². The first-order valence-electron chi connectivity index (χ1n) is 8.59. The Bertz CT molecular complexity index is 820. The van der Waals surface area contributed by atoms with Crippen molar-refractivity contribution in [3.05, 3.63) is 53.6 Å². The highest BCUT2D eigenvalue weighted by atomic mass is 16.6. The van der Waals surface area contributed by atoms with Crippen molar-refractivity contribution in [3.63, 3.8) is 0 Å². The zero-order valence-electron chi connectivity index (χ0n) is 15.3. The molecular formula is C20H22N2O5. The summed E-state index contributed by atoms with van der Waals surface area (Å²) in [6.45, 7) is 0.418. The third-order valence-electron chi connectivity index (χ3n) is 4.40. The molecule has 0 saturated heterocycles. The number of methoxy groups -OCH3 is 2. The van der Waals surface area contributed by atoms with E-state index in [1.165, 1.54) is 7.11 Å². The number of carbonyl (C=O) groups excluding carboxylic acids is 2. The lowest BCUT2D eigenvalue weighted by Gasteiger charge is -2.26. The van der Waals surface area contributed by atoms with Crippen LogP contribution < -0.4 is 20.1 Å². The first-order valence-corrected chi connectivity index (χ1v) is 8.59. The van der Waals surface area contributed by atoms with E-state index in [2.05, 4.69) is 15.4 Å². The van der Waals surface area contributed by atoms with Gasteiger partial charge in [0.15, 0.2) is 6.61 Å². The van der Waals surface area contributed by atoms with Gasteiger partial charge in [-0.2, -0.15) is 0 Å². The second kappa shape index (κ2) is 8.55. The van der Waals surface area contributed by atoms with E-state index < -0.39 is 5.97 Å². The average Bonchev–Trinajstić information content (AvgIpc) is 2.71. The Kier molecular flexibility index (Phi) is 5.93. The first kappa shape index (κ1) is 18.7. The van der Waals surface area contributed by atoms with Crippen molar-refractivity contribution in [2.45, 2.75) is 19.0 Å². The Hall–Kier alpha value is -3.06. The smallest absolute Gasteiger partial charge is 0.343 e. The number of hydrogen-bond acceptors (Lipinski definition) is 6. The fourth-order valence-corrected chi connectivity index (χ4v) is 2.87. The zero-order valence-corrected chi connectivity index (χ0v) is 15.3. The second-order valence-corrected chi connectivity index (χ2v) is 6.15. The molecule has 2 N–H and O–H groups in total. The van der Waals surface area contributed by atoms with Crippen LogP contribution in [-0.4, -0.2) is 38.7 Å². The maximum Gasteiger partial charge on any atom is 0.343 e. The minimum atomic E-state index is -0.430. The van der Waals surface area contributed by atoms with Gasteiger partial charge in [-0.3, -0.25) is 4.79 Å². The molecule has 2 aromatic carbocycles. The molecule has 1 amide bonds. The molecule has 7 nitrogen and oxygen atoms in total. The number of rotatable bonds is 6. The van der Waals surface area contributed by atoms with E-state index in [0.717, 1.165) is 22.6 Å². The summed E-state index contributed by atoms with van der Waals surface area (Å²) in [7, 11) is 2.92. The van der Waals surface area contributed by atoms with Gasteiger partial charge in [0.25, 0.3) is 0 Å². The van der Waals surface area contributed by atoms with Gasteiger partial charge in [-0.05, 0) is 53.9 Å². The molecule has 0 spiro atoms. The zero-order chi connectivity index (χ0) is 19.2. The van der Waals surface area contributed by atoms with Crippen LogP contribution in [0.25, 0.3) is 0 Å². The van der Waals surface area contributed by atoms with Crippen molar-refractivity contribution in [1.29, 1.82) is 0 Å². The summed E-state index contributed by atoms with van der Waals surface area (Å²) in [4.78, 5) is 23.7. The van der Waals surface area contributed by atoms with E-state index in [1.54, 1.807) is 37.4 Å². The number of fused-ring (bicyclic) bond motifs is 1. The van der Waals surface area contributed by atoms with Crippen molar-refractivity contribution in [3.8, 4) is 11.5 Å². The van der Waals surface area contributed by atoms with Crippen molar-refractivity contribution in [2.24, 2.45) is 0 Å². The van der Waals surface area contributed by atoms with E-state index >= 15 is 0 Å². The van der Waals surface area contributed by atoms with Crippen LogP contribution in [0.2, 0.25) is 0 Å². The Labute approximate surface area is 157 Å². The third kappa shape index (κ3) is 4.77. The van der Waals surface area contributed by atoms with Gasteiger partial charge in [-0.1, -0.05) is 6.07 Å². The van der Waals surface area contributed by atoms with E-state index in [1.807, 2.05) is 12.1 Å². The Morgan fingerprint density at radius 2 is 1.81 bits per heavy atom. The number of nitrogens with one attached hydrogen (secondary N) is 2. The van der Waals surface area contributed by atoms with Crippen LogP contribution in [0.1, 0.15) is 11.1 Å². The van der Waals surface area contributed by atoms with Gasteiger partial charge in [-0.15, -0.1) is 0 Å². The molecule has 0 unspecified atom stereocenters. The minimum Gasteiger partial charge on any atom is -0.497 e. The molecule has 0 aromatic heterocycles. The van der Waals surface area contributed by atoms with Crippen LogP contribution in [0, 0.1) is 0 Å². The number of hydrogen-bond donors (Lipinski definition) is 2. The van der Waals surface area contributed by atoms with Crippen LogP contribution in [0.5, 0.6) is 11.5 Å². The molecule has 2 aromatic rings. The van der Waals surface area contributed by atoms with Gasteiger partial charge in [0.2, 0.25) is 5.91 Å². The summed E-state index contributed by atoms with van der Waals surface area (Å²) in [5.41, 5.74) is 2.85. The molecule has 3 rings (SSSR count). The molecule has 1 aliphatic heterocycles. The highest BCUT2D eigenvalue weighted by Crippen LogP contribution is 2.23. The molecule has 0 radical (unpaired) electrons.